The lowest BCUT2D eigenvalue weighted by Gasteiger charge is -2.27. The SMILES string of the molecule is O=C(C1=C=C(Cn2cc3cc(F)ccc3n2)C1)N1CC(F)CC1c1cccc(F)c1. The van der Waals surface area contributed by atoms with Gasteiger partial charge in [0.05, 0.1) is 30.2 Å². The van der Waals surface area contributed by atoms with Crippen molar-refractivity contribution in [3.63, 3.8) is 0 Å². The summed E-state index contributed by atoms with van der Waals surface area (Å²) in [5, 5.41) is 5.10. The summed E-state index contributed by atoms with van der Waals surface area (Å²) in [5.41, 5.74) is 5.75. The Hall–Kier alpha value is -3.31. The van der Waals surface area contributed by atoms with Crippen LogP contribution < -0.4 is 0 Å². The fraction of sp³-hybridized carbons (Fsp3) is 0.261. The highest BCUT2D eigenvalue weighted by Gasteiger charge is 2.38. The highest BCUT2D eigenvalue weighted by molar-refractivity contribution is 5.95. The molecule has 0 radical (unpaired) electrons. The third kappa shape index (κ3) is 3.42. The van der Waals surface area contributed by atoms with Crippen LogP contribution in [-0.4, -0.2) is 33.3 Å². The molecule has 2 atom stereocenters. The molecule has 1 aromatic heterocycles. The molecule has 0 saturated carbocycles. The van der Waals surface area contributed by atoms with Crippen LogP contribution in [0.1, 0.15) is 24.4 Å². The summed E-state index contributed by atoms with van der Waals surface area (Å²) in [6.45, 7) is 0.447. The molecule has 30 heavy (non-hydrogen) atoms. The second kappa shape index (κ2) is 7.18. The second-order valence-electron chi connectivity index (χ2n) is 7.78. The van der Waals surface area contributed by atoms with Crippen LogP contribution in [0.25, 0.3) is 10.9 Å². The van der Waals surface area contributed by atoms with E-state index in [-0.39, 0.29) is 24.7 Å². The van der Waals surface area contributed by atoms with E-state index in [1.807, 2.05) is 0 Å². The number of nitrogens with zero attached hydrogens (tertiary/aromatic N) is 3. The third-order valence-corrected chi connectivity index (χ3v) is 5.59. The van der Waals surface area contributed by atoms with Crippen LogP contribution in [0.15, 0.2) is 65.5 Å². The first-order valence-corrected chi connectivity index (χ1v) is 9.77. The van der Waals surface area contributed by atoms with E-state index in [1.165, 1.54) is 29.2 Å². The standard InChI is InChI=1S/C23H18F3N3O/c24-18-3-1-2-15(8-18)22-10-20(26)13-29(22)23(30)16-6-14(7-16)11-28-12-17-9-19(25)4-5-21(17)27-28/h1-5,8-9,12,20,22H,6,10-11,13H2. The summed E-state index contributed by atoms with van der Waals surface area (Å²) < 4.78 is 42.7. The zero-order valence-corrected chi connectivity index (χ0v) is 16.0. The van der Waals surface area contributed by atoms with Gasteiger partial charge < -0.3 is 4.90 Å². The molecule has 1 fully saturated rings. The van der Waals surface area contributed by atoms with Gasteiger partial charge in [-0.15, -0.1) is 5.73 Å². The van der Waals surface area contributed by atoms with Crippen LogP contribution >= 0.6 is 0 Å². The summed E-state index contributed by atoms with van der Waals surface area (Å²) in [6, 6.07) is 9.89. The van der Waals surface area contributed by atoms with Crippen molar-refractivity contribution >= 4 is 16.8 Å². The van der Waals surface area contributed by atoms with Gasteiger partial charge in [-0.1, -0.05) is 12.1 Å². The predicted octanol–water partition coefficient (Wildman–Crippen LogP) is 4.48. The van der Waals surface area contributed by atoms with Gasteiger partial charge in [0, 0.05) is 24.4 Å². The Bertz CT molecular complexity index is 1230. The molecule has 3 aromatic rings. The smallest absolute Gasteiger partial charge is 0.258 e. The second-order valence-corrected chi connectivity index (χ2v) is 7.78. The van der Waals surface area contributed by atoms with Gasteiger partial charge in [-0.3, -0.25) is 9.48 Å². The number of aromatic nitrogens is 2. The fourth-order valence-electron chi connectivity index (χ4n) is 4.17. The Morgan fingerprint density at radius 2 is 1.97 bits per heavy atom. The number of likely N-dealkylation sites (tertiary alicyclic amines) is 1. The molecule has 1 aliphatic carbocycles. The number of halogens is 3. The van der Waals surface area contributed by atoms with E-state index in [4.69, 9.17) is 0 Å². The maximum absolute atomic E-state index is 14.1. The van der Waals surface area contributed by atoms with Crippen LogP contribution in [0.5, 0.6) is 0 Å². The van der Waals surface area contributed by atoms with Gasteiger partial charge in [0.25, 0.3) is 5.91 Å². The average Bonchev–Trinajstić information content (AvgIpc) is 3.26. The van der Waals surface area contributed by atoms with Gasteiger partial charge in [-0.25, -0.2) is 13.2 Å². The molecule has 1 aliphatic heterocycles. The minimum absolute atomic E-state index is 0.00334. The molecule has 0 bridgehead atoms. The molecule has 2 aliphatic rings. The molecule has 2 unspecified atom stereocenters. The summed E-state index contributed by atoms with van der Waals surface area (Å²) in [7, 11) is 0. The van der Waals surface area contributed by atoms with Gasteiger partial charge in [-0.2, -0.15) is 5.10 Å². The van der Waals surface area contributed by atoms with Crippen molar-refractivity contribution < 1.29 is 18.0 Å². The number of benzene rings is 2. The highest BCUT2D eigenvalue weighted by Crippen LogP contribution is 2.36. The lowest BCUT2D eigenvalue weighted by atomic mass is 9.95. The number of carbonyl (C=O) groups excluding carboxylic acids is 1. The molecule has 2 aromatic carbocycles. The molecule has 2 heterocycles. The molecular formula is C23H18F3N3O. The fourth-order valence-corrected chi connectivity index (χ4v) is 4.17. The van der Waals surface area contributed by atoms with Crippen LogP contribution in [0.4, 0.5) is 13.2 Å². The topological polar surface area (TPSA) is 38.1 Å². The number of fused-ring (bicyclic) bond motifs is 1. The number of alkyl halides is 1. The van der Waals surface area contributed by atoms with Crippen molar-refractivity contribution in [1.29, 1.82) is 0 Å². The Morgan fingerprint density at radius 1 is 1.17 bits per heavy atom. The van der Waals surface area contributed by atoms with Gasteiger partial charge in [0.2, 0.25) is 0 Å². The van der Waals surface area contributed by atoms with Gasteiger partial charge in [0.1, 0.15) is 17.8 Å². The van der Waals surface area contributed by atoms with E-state index >= 15 is 0 Å². The number of rotatable bonds is 4. The first-order valence-electron chi connectivity index (χ1n) is 9.77. The molecule has 4 nitrogen and oxygen atoms in total. The quantitative estimate of drug-likeness (QED) is 0.596. The summed E-state index contributed by atoms with van der Waals surface area (Å²) in [5.74, 6) is -0.984. The van der Waals surface area contributed by atoms with Crippen molar-refractivity contribution in [2.24, 2.45) is 0 Å². The van der Waals surface area contributed by atoms with E-state index in [0.29, 0.717) is 35.0 Å². The van der Waals surface area contributed by atoms with Gasteiger partial charge in [-0.05, 0) is 41.5 Å². The Morgan fingerprint density at radius 3 is 2.77 bits per heavy atom. The lowest BCUT2D eigenvalue weighted by molar-refractivity contribution is -0.128. The average molecular weight is 409 g/mol. The minimum atomic E-state index is -1.14. The molecule has 1 amide bonds. The van der Waals surface area contributed by atoms with E-state index in [1.54, 1.807) is 29.1 Å². The molecule has 5 rings (SSSR count). The number of carbonyl (C=O) groups is 1. The summed E-state index contributed by atoms with van der Waals surface area (Å²) in [6.07, 6.45) is 1.21. The van der Waals surface area contributed by atoms with Crippen molar-refractivity contribution in [3.8, 4) is 0 Å². The lowest BCUT2D eigenvalue weighted by Crippen LogP contribution is -2.33. The van der Waals surface area contributed by atoms with Crippen LogP contribution in [0.3, 0.4) is 0 Å². The first-order chi connectivity index (χ1) is 14.5. The third-order valence-electron chi connectivity index (χ3n) is 5.59. The van der Waals surface area contributed by atoms with E-state index in [9.17, 15) is 18.0 Å². The Labute approximate surface area is 170 Å². The number of hydrogen-bond donors (Lipinski definition) is 0. The van der Waals surface area contributed by atoms with E-state index in [0.717, 1.165) is 5.57 Å². The number of amides is 1. The molecular weight excluding hydrogens is 391 g/mol. The zero-order valence-electron chi connectivity index (χ0n) is 16.0. The maximum atomic E-state index is 14.1. The van der Waals surface area contributed by atoms with E-state index in [2.05, 4.69) is 10.8 Å². The van der Waals surface area contributed by atoms with Crippen LogP contribution in [0, 0.1) is 11.6 Å². The minimum Gasteiger partial charge on any atom is -0.328 e. The van der Waals surface area contributed by atoms with Gasteiger partial charge >= 0.3 is 0 Å². The Balaban J connectivity index is 1.35. The van der Waals surface area contributed by atoms with Gasteiger partial charge in [0.15, 0.2) is 0 Å². The Kier molecular flexibility index (Phi) is 4.48. The van der Waals surface area contributed by atoms with Crippen LogP contribution in [0.2, 0.25) is 0 Å². The molecule has 0 spiro atoms. The summed E-state index contributed by atoms with van der Waals surface area (Å²) >= 11 is 0. The van der Waals surface area contributed by atoms with Crippen molar-refractivity contribution in [2.45, 2.75) is 31.6 Å². The molecule has 152 valence electrons. The van der Waals surface area contributed by atoms with Crippen molar-refractivity contribution in [1.82, 2.24) is 14.7 Å². The highest BCUT2D eigenvalue weighted by atomic mass is 19.1. The summed E-state index contributed by atoms with van der Waals surface area (Å²) in [4.78, 5) is 14.4. The predicted molar refractivity (Wildman–Crippen MR) is 105 cm³/mol. The van der Waals surface area contributed by atoms with Crippen LogP contribution in [-0.2, 0) is 11.3 Å². The van der Waals surface area contributed by atoms with Crippen molar-refractivity contribution in [3.05, 3.63) is 82.7 Å². The largest absolute Gasteiger partial charge is 0.328 e. The molecule has 1 saturated heterocycles. The maximum Gasteiger partial charge on any atom is 0.258 e. The zero-order chi connectivity index (χ0) is 20.8. The monoisotopic (exact) mass is 409 g/mol. The number of hydrogen-bond acceptors (Lipinski definition) is 2. The molecule has 0 N–H and O–H groups in total. The van der Waals surface area contributed by atoms with E-state index < -0.39 is 18.0 Å². The normalized spacial score (nSPS) is 20.8. The van der Waals surface area contributed by atoms with Crippen molar-refractivity contribution in [2.75, 3.05) is 6.54 Å². The molecule has 7 heteroatoms. The first kappa shape index (κ1) is 18.7.